The standard InChI is InChI=1S/C21H26OSSi/c1-21(2,3)24(19-10-6-4-7-11-19,20-12-8-5-9-13-20)22-18-14-16-23-17-15-18/h4-14,16,18H,15,17H2,1-3H3/t18-/m0/s1. The Morgan fingerprint density at radius 3 is 1.88 bits per heavy atom. The summed E-state index contributed by atoms with van der Waals surface area (Å²) in [5, 5.41) is 4.96. The SMILES string of the molecule is CC(C)(C)[Si](O[C@H]1C=CSCC1)(c1ccccc1)c1ccccc1. The fourth-order valence-corrected chi connectivity index (χ4v) is 8.96. The average molecular weight is 355 g/mol. The van der Waals surface area contributed by atoms with Crippen LogP contribution in [0.25, 0.3) is 0 Å². The Labute approximate surface area is 151 Å². The van der Waals surface area contributed by atoms with Gasteiger partial charge in [0.2, 0.25) is 0 Å². The molecule has 2 aromatic rings. The number of benzene rings is 2. The molecule has 0 fully saturated rings. The molecule has 0 radical (unpaired) electrons. The fourth-order valence-electron chi connectivity index (χ4n) is 3.51. The van der Waals surface area contributed by atoms with Crippen molar-refractivity contribution in [2.24, 2.45) is 0 Å². The van der Waals surface area contributed by atoms with Crippen molar-refractivity contribution in [1.29, 1.82) is 0 Å². The van der Waals surface area contributed by atoms with E-state index in [1.54, 1.807) is 0 Å². The Balaban J connectivity index is 2.17. The van der Waals surface area contributed by atoms with Crippen LogP contribution in [0.4, 0.5) is 0 Å². The molecule has 1 aliphatic heterocycles. The smallest absolute Gasteiger partial charge is 0.261 e. The van der Waals surface area contributed by atoms with Gasteiger partial charge in [0, 0.05) is 5.75 Å². The lowest BCUT2D eigenvalue weighted by molar-refractivity contribution is 0.229. The summed E-state index contributed by atoms with van der Waals surface area (Å²) in [5.74, 6) is 1.14. The van der Waals surface area contributed by atoms with Gasteiger partial charge >= 0.3 is 0 Å². The first-order valence-corrected chi connectivity index (χ1v) is 11.6. The minimum Gasteiger partial charge on any atom is -0.401 e. The third-order valence-electron chi connectivity index (χ3n) is 4.65. The third-order valence-corrected chi connectivity index (χ3v) is 10.5. The molecular formula is C21H26OSSi. The van der Waals surface area contributed by atoms with Gasteiger partial charge in [0.15, 0.2) is 0 Å². The van der Waals surface area contributed by atoms with Gasteiger partial charge in [-0.1, -0.05) is 87.5 Å². The largest absolute Gasteiger partial charge is 0.401 e. The van der Waals surface area contributed by atoms with Gasteiger partial charge in [-0.2, -0.15) is 0 Å². The van der Waals surface area contributed by atoms with E-state index >= 15 is 0 Å². The molecule has 1 heterocycles. The first kappa shape index (κ1) is 17.5. The highest BCUT2D eigenvalue weighted by atomic mass is 32.2. The van der Waals surface area contributed by atoms with Gasteiger partial charge < -0.3 is 4.43 Å². The Bertz CT molecular complexity index is 636. The average Bonchev–Trinajstić information content (AvgIpc) is 2.61. The summed E-state index contributed by atoms with van der Waals surface area (Å²) >= 11 is 1.88. The van der Waals surface area contributed by atoms with Crippen LogP contribution >= 0.6 is 11.8 Å². The topological polar surface area (TPSA) is 9.23 Å². The number of rotatable bonds is 4. The third kappa shape index (κ3) is 3.39. The lowest BCUT2D eigenvalue weighted by Gasteiger charge is -2.45. The van der Waals surface area contributed by atoms with Gasteiger partial charge in [-0.05, 0) is 27.2 Å². The summed E-state index contributed by atoms with van der Waals surface area (Å²) in [5.41, 5.74) is 0. The maximum Gasteiger partial charge on any atom is 0.261 e. The Morgan fingerprint density at radius 1 is 0.917 bits per heavy atom. The summed E-state index contributed by atoms with van der Waals surface area (Å²) in [7, 11) is -2.40. The monoisotopic (exact) mass is 354 g/mol. The summed E-state index contributed by atoms with van der Waals surface area (Å²) in [6.07, 6.45) is 3.54. The molecular weight excluding hydrogens is 328 g/mol. The molecule has 0 saturated carbocycles. The highest BCUT2D eigenvalue weighted by molar-refractivity contribution is 8.02. The van der Waals surface area contributed by atoms with Crippen LogP contribution < -0.4 is 10.4 Å². The van der Waals surface area contributed by atoms with Crippen LogP contribution in [0.3, 0.4) is 0 Å². The lowest BCUT2D eigenvalue weighted by Crippen LogP contribution is -2.67. The maximum atomic E-state index is 7.05. The maximum absolute atomic E-state index is 7.05. The van der Waals surface area contributed by atoms with Crippen molar-refractivity contribution >= 4 is 30.5 Å². The van der Waals surface area contributed by atoms with E-state index in [1.807, 2.05) is 11.8 Å². The van der Waals surface area contributed by atoms with Gasteiger partial charge in [-0.25, -0.2) is 0 Å². The van der Waals surface area contributed by atoms with Gasteiger partial charge in [-0.15, -0.1) is 11.8 Å². The number of hydrogen-bond acceptors (Lipinski definition) is 2. The van der Waals surface area contributed by atoms with E-state index in [4.69, 9.17) is 4.43 Å². The molecule has 0 aromatic heterocycles. The lowest BCUT2D eigenvalue weighted by atomic mass is 10.2. The molecule has 0 unspecified atom stereocenters. The van der Waals surface area contributed by atoms with Crippen LogP contribution in [-0.4, -0.2) is 20.2 Å². The van der Waals surface area contributed by atoms with E-state index in [0.29, 0.717) is 0 Å². The van der Waals surface area contributed by atoms with Crippen molar-refractivity contribution in [3.63, 3.8) is 0 Å². The molecule has 24 heavy (non-hydrogen) atoms. The molecule has 1 aliphatic rings. The number of hydrogen-bond donors (Lipinski definition) is 0. The van der Waals surface area contributed by atoms with Crippen LogP contribution in [0, 0.1) is 0 Å². The van der Waals surface area contributed by atoms with Crippen molar-refractivity contribution in [1.82, 2.24) is 0 Å². The van der Waals surface area contributed by atoms with Crippen molar-refractivity contribution in [3.8, 4) is 0 Å². The zero-order valence-electron chi connectivity index (χ0n) is 14.7. The second kappa shape index (κ2) is 7.30. The minimum atomic E-state index is -2.40. The van der Waals surface area contributed by atoms with E-state index in [1.165, 1.54) is 10.4 Å². The molecule has 3 heteroatoms. The summed E-state index contributed by atoms with van der Waals surface area (Å²) in [6.45, 7) is 7.00. The summed E-state index contributed by atoms with van der Waals surface area (Å²) in [6, 6.07) is 21.8. The van der Waals surface area contributed by atoms with E-state index < -0.39 is 8.32 Å². The summed E-state index contributed by atoms with van der Waals surface area (Å²) in [4.78, 5) is 0. The first-order chi connectivity index (χ1) is 11.5. The van der Waals surface area contributed by atoms with E-state index in [2.05, 4.69) is 92.9 Å². The molecule has 1 nitrogen and oxygen atoms in total. The predicted octanol–water partition coefficient (Wildman–Crippen LogP) is 4.58. The quantitative estimate of drug-likeness (QED) is 0.743. The summed E-state index contributed by atoms with van der Waals surface area (Å²) < 4.78 is 7.05. The van der Waals surface area contributed by atoms with Crippen LogP contribution in [0.1, 0.15) is 27.2 Å². The normalized spacial score (nSPS) is 18.5. The second-order valence-corrected chi connectivity index (χ2v) is 12.6. The molecule has 0 N–H and O–H groups in total. The van der Waals surface area contributed by atoms with Gasteiger partial charge in [0.1, 0.15) is 0 Å². The Kier molecular flexibility index (Phi) is 5.33. The molecule has 0 saturated heterocycles. The molecule has 0 aliphatic carbocycles. The van der Waals surface area contributed by atoms with Crippen molar-refractivity contribution in [2.45, 2.75) is 38.3 Å². The van der Waals surface area contributed by atoms with E-state index in [-0.39, 0.29) is 11.1 Å². The molecule has 3 rings (SSSR count). The highest BCUT2D eigenvalue weighted by Crippen LogP contribution is 2.38. The van der Waals surface area contributed by atoms with Crippen LogP contribution in [0.2, 0.25) is 5.04 Å². The Morgan fingerprint density at radius 2 is 1.46 bits per heavy atom. The van der Waals surface area contributed by atoms with Crippen LogP contribution in [0.5, 0.6) is 0 Å². The van der Waals surface area contributed by atoms with Crippen LogP contribution in [0.15, 0.2) is 72.1 Å². The molecule has 0 bridgehead atoms. The minimum absolute atomic E-state index is 0.0497. The van der Waals surface area contributed by atoms with Crippen molar-refractivity contribution < 1.29 is 4.43 Å². The molecule has 0 spiro atoms. The fraction of sp³-hybridized carbons (Fsp3) is 0.333. The van der Waals surface area contributed by atoms with E-state index in [9.17, 15) is 0 Å². The van der Waals surface area contributed by atoms with Crippen molar-refractivity contribution in [3.05, 3.63) is 72.1 Å². The van der Waals surface area contributed by atoms with Crippen molar-refractivity contribution in [2.75, 3.05) is 5.75 Å². The van der Waals surface area contributed by atoms with Gasteiger partial charge in [-0.3, -0.25) is 0 Å². The zero-order chi connectivity index (χ0) is 17.0. The van der Waals surface area contributed by atoms with Gasteiger partial charge in [0.05, 0.1) is 6.10 Å². The van der Waals surface area contributed by atoms with E-state index in [0.717, 1.165) is 12.2 Å². The van der Waals surface area contributed by atoms with Crippen LogP contribution in [-0.2, 0) is 4.43 Å². The first-order valence-electron chi connectivity index (χ1n) is 8.61. The molecule has 126 valence electrons. The molecule has 1 atom stereocenters. The van der Waals surface area contributed by atoms with Gasteiger partial charge in [0.25, 0.3) is 8.32 Å². The number of thioether (sulfide) groups is 1. The zero-order valence-corrected chi connectivity index (χ0v) is 16.6. The molecule has 2 aromatic carbocycles. The highest BCUT2D eigenvalue weighted by Gasteiger charge is 2.51. The second-order valence-electron chi connectivity index (χ2n) is 7.31. The molecule has 0 amide bonds. The predicted molar refractivity (Wildman–Crippen MR) is 109 cm³/mol. The Hall–Kier alpha value is -1.29.